The number of hydrogen-bond donors (Lipinski definition) is 0. The Hall–Kier alpha value is -0.960. The van der Waals surface area contributed by atoms with Crippen molar-refractivity contribution in [2.75, 3.05) is 20.3 Å². The van der Waals surface area contributed by atoms with Crippen LogP contribution in [0.5, 0.6) is 0 Å². The van der Waals surface area contributed by atoms with Crippen molar-refractivity contribution in [2.24, 2.45) is 0 Å². The fourth-order valence-electron chi connectivity index (χ4n) is 2.28. The summed E-state index contributed by atoms with van der Waals surface area (Å²) in [4.78, 5) is 4.14. The Balaban J connectivity index is 2.06. The molecule has 3 heterocycles. The molecule has 0 aliphatic carbocycles. The average molecular weight is 360 g/mol. The van der Waals surface area contributed by atoms with Gasteiger partial charge in [-0.15, -0.1) is 0 Å². The van der Waals surface area contributed by atoms with Gasteiger partial charge in [-0.05, 0) is 34.5 Å². The lowest BCUT2D eigenvalue weighted by Crippen LogP contribution is -2.37. The molecule has 0 spiro atoms. The lowest BCUT2D eigenvalue weighted by atomic mass is 10.3. The molecule has 1 atom stereocenters. The van der Waals surface area contributed by atoms with Crippen LogP contribution in [0.25, 0.3) is 5.65 Å². The second kappa shape index (κ2) is 5.10. The third-order valence-corrected chi connectivity index (χ3v) is 5.86. The zero-order chi connectivity index (χ0) is 14.3. The SMILES string of the molecule is CN(C1CCOC1)S(=O)(=O)c1cnc2ccc(Br)cn12. The van der Waals surface area contributed by atoms with Crippen molar-refractivity contribution >= 4 is 31.6 Å². The summed E-state index contributed by atoms with van der Waals surface area (Å²) in [6.07, 6.45) is 3.81. The van der Waals surface area contributed by atoms with Crippen LogP contribution in [0.1, 0.15) is 6.42 Å². The predicted octanol–water partition coefficient (Wildman–Crippen LogP) is 1.51. The number of imidazole rings is 1. The van der Waals surface area contributed by atoms with Crippen LogP contribution in [0.15, 0.2) is 34.0 Å². The smallest absolute Gasteiger partial charge is 0.260 e. The van der Waals surface area contributed by atoms with Crippen molar-refractivity contribution in [3.05, 3.63) is 29.0 Å². The molecule has 1 unspecified atom stereocenters. The van der Waals surface area contributed by atoms with Gasteiger partial charge in [0.25, 0.3) is 10.0 Å². The molecule has 1 fully saturated rings. The molecule has 0 bridgehead atoms. The minimum Gasteiger partial charge on any atom is -0.380 e. The fraction of sp³-hybridized carbons (Fsp3) is 0.417. The first-order valence-corrected chi connectivity index (χ1v) is 8.42. The summed E-state index contributed by atoms with van der Waals surface area (Å²) in [6.45, 7) is 1.04. The summed E-state index contributed by atoms with van der Waals surface area (Å²) < 4.78 is 34.4. The fourth-order valence-corrected chi connectivity index (χ4v) is 4.05. The van der Waals surface area contributed by atoms with Crippen LogP contribution in [0.2, 0.25) is 0 Å². The molecule has 20 heavy (non-hydrogen) atoms. The summed E-state index contributed by atoms with van der Waals surface area (Å²) in [5.74, 6) is 0. The maximum atomic E-state index is 12.7. The largest absolute Gasteiger partial charge is 0.380 e. The van der Waals surface area contributed by atoms with E-state index in [0.717, 1.165) is 10.9 Å². The molecule has 0 amide bonds. The molecule has 0 radical (unpaired) electrons. The van der Waals surface area contributed by atoms with Crippen molar-refractivity contribution < 1.29 is 13.2 Å². The molecule has 1 saturated heterocycles. The normalized spacial score (nSPS) is 20.1. The predicted molar refractivity (Wildman–Crippen MR) is 77.1 cm³/mol. The van der Waals surface area contributed by atoms with E-state index in [4.69, 9.17) is 4.74 Å². The van der Waals surface area contributed by atoms with E-state index < -0.39 is 10.0 Å². The Morgan fingerprint density at radius 3 is 3.00 bits per heavy atom. The number of hydrogen-bond acceptors (Lipinski definition) is 4. The molecule has 0 N–H and O–H groups in total. The van der Waals surface area contributed by atoms with Crippen LogP contribution >= 0.6 is 15.9 Å². The Kier molecular flexibility index (Phi) is 3.57. The number of fused-ring (bicyclic) bond motifs is 1. The Bertz CT molecular complexity index is 737. The summed E-state index contributed by atoms with van der Waals surface area (Å²) in [5, 5.41) is 0.170. The number of rotatable bonds is 3. The topological polar surface area (TPSA) is 63.9 Å². The number of nitrogens with zero attached hydrogens (tertiary/aromatic N) is 3. The number of sulfonamides is 1. The van der Waals surface area contributed by atoms with E-state index >= 15 is 0 Å². The molecule has 0 aromatic carbocycles. The van der Waals surface area contributed by atoms with Crippen LogP contribution in [0.4, 0.5) is 0 Å². The van der Waals surface area contributed by atoms with Gasteiger partial charge >= 0.3 is 0 Å². The van der Waals surface area contributed by atoms with E-state index in [1.807, 2.05) is 6.07 Å². The summed E-state index contributed by atoms with van der Waals surface area (Å²) in [6, 6.07) is 3.48. The highest BCUT2D eigenvalue weighted by atomic mass is 79.9. The van der Waals surface area contributed by atoms with Crippen LogP contribution in [0, 0.1) is 0 Å². The molecule has 1 aliphatic heterocycles. The van der Waals surface area contributed by atoms with E-state index in [9.17, 15) is 8.42 Å². The molecule has 8 heteroatoms. The highest BCUT2D eigenvalue weighted by Gasteiger charge is 2.32. The summed E-state index contributed by atoms with van der Waals surface area (Å²) >= 11 is 3.34. The van der Waals surface area contributed by atoms with E-state index in [-0.39, 0.29) is 11.1 Å². The second-order valence-electron chi connectivity index (χ2n) is 4.71. The van der Waals surface area contributed by atoms with Gasteiger partial charge in [0.2, 0.25) is 0 Å². The standard InChI is InChI=1S/C12H14BrN3O3S/c1-15(10-4-5-19-8-10)20(17,18)12-6-14-11-3-2-9(13)7-16(11)12/h2-3,6-7,10H,4-5,8H2,1H3. The molecular weight excluding hydrogens is 346 g/mol. The third kappa shape index (κ3) is 2.26. The van der Waals surface area contributed by atoms with Gasteiger partial charge < -0.3 is 4.74 Å². The first-order valence-electron chi connectivity index (χ1n) is 6.18. The van der Waals surface area contributed by atoms with Crippen molar-refractivity contribution in [3.8, 4) is 0 Å². The van der Waals surface area contributed by atoms with Gasteiger partial charge in [0, 0.05) is 24.3 Å². The average Bonchev–Trinajstić information content (AvgIpc) is 3.06. The van der Waals surface area contributed by atoms with Gasteiger partial charge in [-0.1, -0.05) is 0 Å². The van der Waals surface area contributed by atoms with Crippen LogP contribution in [0.3, 0.4) is 0 Å². The molecule has 0 saturated carbocycles. The second-order valence-corrected chi connectivity index (χ2v) is 7.57. The summed E-state index contributed by atoms with van der Waals surface area (Å²) in [7, 11) is -2.00. The molecule has 2 aromatic rings. The van der Waals surface area contributed by atoms with Gasteiger partial charge in [-0.25, -0.2) is 13.4 Å². The lowest BCUT2D eigenvalue weighted by molar-refractivity contribution is 0.180. The monoisotopic (exact) mass is 359 g/mol. The zero-order valence-corrected chi connectivity index (χ0v) is 13.3. The maximum absolute atomic E-state index is 12.7. The highest BCUT2D eigenvalue weighted by Crippen LogP contribution is 2.23. The Morgan fingerprint density at radius 1 is 1.50 bits per heavy atom. The van der Waals surface area contributed by atoms with Gasteiger partial charge in [0.15, 0.2) is 5.03 Å². The van der Waals surface area contributed by atoms with E-state index in [1.165, 1.54) is 10.5 Å². The van der Waals surface area contributed by atoms with Crippen LogP contribution in [-0.2, 0) is 14.8 Å². The van der Waals surface area contributed by atoms with Gasteiger partial charge in [-0.3, -0.25) is 4.40 Å². The van der Waals surface area contributed by atoms with E-state index in [1.54, 1.807) is 23.7 Å². The number of aromatic nitrogens is 2. The number of likely N-dealkylation sites (N-methyl/N-ethyl adjacent to an activating group) is 1. The molecule has 108 valence electrons. The molecular formula is C12H14BrN3O3S. The van der Waals surface area contributed by atoms with Crippen molar-refractivity contribution in [2.45, 2.75) is 17.5 Å². The lowest BCUT2D eigenvalue weighted by Gasteiger charge is -2.22. The van der Waals surface area contributed by atoms with Crippen LogP contribution < -0.4 is 0 Å². The Morgan fingerprint density at radius 2 is 2.30 bits per heavy atom. The number of halogens is 1. The first-order chi connectivity index (χ1) is 9.50. The van der Waals surface area contributed by atoms with Gasteiger partial charge in [-0.2, -0.15) is 4.31 Å². The number of ether oxygens (including phenoxy) is 1. The van der Waals surface area contributed by atoms with Gasteiger partial charge in [0.05, 0.1) is 18.8 Å². The molecule has 2 aromatic heterocycles. The third-order valence-electron chi connectivity index (χ3n) is 3.50. The van der Waals surface area contributed by atoms with Crippen molar-refractivity contribution in [1.29, 1.82) is 0 Å². The number of pyridine rings is 1. The Labute approximate surface area is 125 Å². The maximum Gasteiger partial charge on any atom is 0.260 e. The van der Waals surface area contributed by atoms with Crippen LogP contribution in [-0.4, -0.2) is 48.4 Å². The van der Waals surface area contributed by atoms with E-state index in [0.29, 0.717) is 18.9 Å². The van der Waals surface area contributed by atoms with E-state index in [2.05, 4.69) is 20.9 Å². The van der Waals surface area contributed by atoms with Gasteiger partial charge in [0.1, 0.15) is 5.65 Å². The minimum absolute atomic E-state index is 0.113. The first kappa shape index (κ1) is 14.0. The molecule has 3 rings (SSSR count). The highest BCUT2D eigenvalue weighted by molar-refractivity contribution is 9.10. The van der Waals surface area contributed by atoms with Crippen molar-refractivity contribution in [3.63, 3.8) is 0 Å². The molecule has 1 aliphatic rings. The van der Waals surface area contributed by atoms with Crippen molar-refractivity contribution in [1.82, 2.24) is 13.7 Å². The minimum atomic E-state index is -3.59. The quantitative estimate of drug-likeness (QED) is 0.832. The zero-order valence-electron chi connectivity index (χ0n) is 10.9. The summed E-state index contributed by atoms with van der Waals surface area (Å²) in [5.41, 5.74) is 0.600. The molecule has 6 nitrogen and oxygen atoms in total.